The number of carboxylic acids is 1. The molecule has 126 valence electrons. The van der Waals surface area contributed by atoms with Crippen LogP contribution in [0.3, 0.4) is 0 Å². The van der Waals surface area contributed by atoms with Gasteiger partial charge in [0, 0.05) is 12.5 Å². The number of carbonyl (C=O) groups excluding carboxylic acids is 1. The van der Waals surface area contributed by atoms with Crippen LogP contribution in [0.5, 0.6) is 0 Å². The summed E-state index contributed by atoms with van der Waals surface area (Å²) < 4.78 is 38.3. The molecule has 1 aromatic rings. The number of rotatable bonds is 4. The standard InChI is InChI=1S/C16H18F3NO3/c17-16(18,19)13-6-2-4-11(8-13)14(21)20-9-10-3-1-5-12(7-10)15(22)23/h1,3,5,7,11,13H,2,4,6,8-9H2,(H,20,21)(H,22,23)/t11-,13-/m0/s1. The SMILES string of the molecule is O=C(O)c1cccc(CNC(=O)[C@H]2CCC[C@H](C(F)(F)F)C2)c1. The molecule has 23 heavy (non-hydrogen) atoms. The molecule has 0 aliphatic heterocycles. The van der Waals surface area contributed by atoms with Crippen molar-refractivity contribution in [2.75, 3.05) is 0 Å². The number of amides is 1. The summed E-state index contributed by atoms with van der Waals surface area (Å²) in [4.78, 5) is 22.9. The van der Waals surface area contributed by atoms with Crippen LogP contribution in [0, 0.1) is 11.8 Å². The van der Waals surface area contributed by atoms with Crippen LogP contribution in [0.4, 0.5) is 13.2 Å². The quantitative estimate of drug-likeness (QED) is 0.890. The Morgan fingerprint density at radius 3 is 2.65 bits per heavy atom. The van der Waals surface area contributed by atoms with Crippen LogP contribution in [0.15, 0.2) is 24.3 Å². The van der Waals surface area contributed by atoms with Crippen molar-refractivity contribution in [3.8, 4) is 0 Å². The molecular formula is C16H18F3NO3. The van der Waals surface area contributed by atoms with Crippen LogP contribution >= 0.6 is 0 Å². The highest BCUT2D eigenvalue weighted by Gasteiger charge is 2.43. The minimum atomic E-state index is -4.26. The second-order valence-corrected chi connectivity index (χ2v) is 5.83. The van der Waals surface area contributed by atoms with Crippen molar-refractivity contribution in [3.05, 3.63) is 35.4 Å². The predicted molar refractivity (Wildman–Crippen MR) is 76.8 cm³/mol. The van der Waals surface area contributed by atoms with E-state index < -0.39 is 29.9 Å². The van der Waals surface area contributed by atoms with E-state index in [-0.39, 0.29) is 24.9 Å². The van der Waals surface area contributed by atoms with E-state index >= 15 is 0 Å². The van der Waals surface area contributed by atoms with Crippen LogP contribution in [0.25, 0.3) is 0 Å². The Bertz CT molecular complexity index is 586. The third kappa shape index (κ3) is 4.71. The molecule has 1 fully saturated rings. The number of carbonyl (C=O) groups is 2. The van der Waals surface area contributed by atoms with Gasteiger partial charge in [-0.2, -0.15) is 13.2 Å². The van der Waals surface area contributed by atoms with E-state index in [0.29, 0.717) is 18.4 Å². The highest BCUT2D eigenvalue weighted by molar-refractivity contribution is 5.87. The molecule has 2 rings (SSSR count). The zero-order valence-electron chi connectivity index (χ0n) is 12.4. The van der Waals surface area contributed by atoms with Crippen molar-refractivity contribution in [2.24, 2.45) is 11.8 Å². The summed E-state index contributed by atoms with van der Waals surface area (Å²) in [6.07, 6.45) is -3.52. The van der Waals surface area contributed by atoms with Gasteiger partial charge in [-0.15, -0.1) is 0 Å². The van der Waals surface area contributed by atoms with Crippen LogP contribution in [0.1, 0.15) is 41.6 Å². The van der Waals surface area contributed by atoms with Gasteiger partial charge in [-0.3, -0.25) is 4.79 Å². The minimum absolute atomic E-state index is 0.0773. The number of hydrogen-bond donors (Lipinski definition) is 2. The van der Waals surface area contributed by atoms with Crippen molar-refractivity contribution in [2.45, 2.75) is 38.4 Å². The molecule has 0 spiro atoms. The van der Waals surface area contributed by atoms with E-state index in [2.05, 4.69) is 5.32 Å². The maximum atomic E-state index is 12.8. The molecule has 0 radical (unpaired) electrons. The molecule has 1 saturated carbocycles. The largest absolute Gasteiger partial charge is 0.478 e. The second-order valence-electron chi connectivity index (χ2n) is 5.83. The molecule has 4 nitrogen and oxygen atoms in total. The van der Waals surface area contributed by atoms with Gasteiger partial charge < -0.3 is 10.4 Å². The lowest BCUT2D eigenvalue weighted by Gasteiger charge is -2.29. The molecule has 2 atom stereocenters. The maximum Gasteiger partial charge on any atom is 0.391 e. The lowest BCUT2D eigenvalue weighted by atomic mass is 9.80. The van der Waals surface area contributed by atoms with Crippen LogP contribution in [-0.2, 0) is 11.3 Å². The average molecular weight is 329 g/mol. The van der Waals surface area contributed by atoms with Crippen molar-refractivity contribution in [1.82, 2.24) is 5.32 Å². The van der Waals surface area contributed by atoms with Crippen LogP contribution in [0.2, 0.25) is 0 Å². The van der Waals surface area contributed by atoms with E-state index in [1.54, 1.807) is 12.1 Å². The lowest BCUT2D eigenvalue weighted by Crippen LogP contribution is -2.37. The number of aromatic carboxylic acids is 1. The zero-order valence-corrected chi connectivity index (χ0v) is 12.4. The smallest absolute Gasteiger partial charge is 0.391 e. The van der Waals surface area contributed by atoms with Gasteiger partial charge in [-0.05, 0) is 37.0 Å². The van der Waals surface area contributed by atoms with Gasteiger partial charge >= 0.3 is 12.1 Å². The molecule has 0 unspecified atom stereocenters. The molecule has 1 aromatic carbocycles. The van der Waals surface area contributed by atoms with E-state index in [9.17, 15) is 22.8 Å². The first-order chi connectivity index (χ1) is 10.8. The average Bonchev–Trinajstić information content (AvgIpc) is 2.52. The number of benzene rings is 1. The van der Waals surface area contributed by atoms with Gasteiger partial charge in [0.05, 0.1) is 11.5 Å². The number of alkyl halides is 3. The lowest BCUT2D eigenvalue weighted by molar-refractivity contribution is -0.186. The highest BCUT2D eigenvalue weighted by atomic mass is 19.4. The van der Waals surface area contributed by atoms with Gasteiger partial charge in [-0.25, -0.2) is 4.79 Å². The first kappa shape index (κ1) is 17.3. The number of hydrogen-bond acceptors (Lipinski definition) is 2. The van der Waals surface area contributed by atoms with E-state index in [4.69, 9.17) is 5.11 Å². The van der Waals surface area contributed by atoms with Gasteiger partial charge in [0.2, 0.25) is 5.91 Å². The Kier molecular flexibility index (Phi) is 5.28. The van der Waals surface area contributed by atoms with Gasteiger partial charge in [-0.1, -0.05) is 18.6 Å². The van der Waals surface area contributed by atoms with E-state index in [0.717, 1.165) is 0 Å². The summed E-state index contributed by atoms with van der Waals surface area (Å²) in [7, 11) is 0. The molecule has 7 heteroatoms. The highest BCUT2D eigenvalue weighted by Crippen LogP contribution is 2.39. The predicted octanol–water partition coefficient (Wildman–Crippen LogP) is 3.37. The molecule has 1 aliphatic carbocycles. The van der Waals surface area contributed by atoms with E-state index in [1.807, 2.05) is 0 Å². The summed E-state index contributed by atoms with van der Waals surface area (Å²) >= 11 is 0. The molecule has 0 heterocycles. The monoisotopic (exact) mass is 329 g/mol. The number of nitrogens with one attached hydrogen (secondary N) is 1. The van der Waals surface area contributed by atoms with Crippen molar-refractivity contribution >= 4 is 11.9 Å². The fourth-order valence-corrected chi connectivity index (χ4v) is 2.87. The van der Waals surface area contributed by atoms with Crippen LogP contribution < -0.4 is 5.32 Å². The Hall–Kier alpha value is -2.05. The minimum Gasteiger partial charge on any atom is -0.478 e. The van der Waals surface area contributed by atoms with Gasteiger partial charge in [0.1, 0.15) is 0 Å². The molecule has 0 saturated heterocycles. The summed E-state index contributed by atoms with van der Waals surface area (Å²) in [6, 6.07) is 6.09. The molecule has 1 amide bonds. The summed E-state index contributed by atoms with van der Waals surface area (Å²) in [5, 5.41) is 11.5. The number of carboxylic acid groups (broad SMARTS) is 1. The van der Waals surface area contributed by atoms with Gasteiger partial charge in [0.25, 0.3) is 0 Å². The number of halogens is 3. The Morgan fingerprint density at radius 1 is 1.26 bits per heavy atom. The Labute approximate surface area is 131 Å². The summed E-state index contributed by atoms with van der Waals surface area (Å²) in [6.45, 7) is 0.104. The first-order valence-corrected chi connectivity index (χ1v) is 7.44. The molecule has 0 aromatic heterocycles. The van der Waals surface area contributed by atoms with Gasteiger partial charge in [0.15, 0.2) is 0 Å². The summed E-state index contributed by atoms with van der Waals surface area (Å²) in [5.41, 5.74) is 0.702. The van der Waals surface area contributed by atoms with Crippen LogP contribution in [-0.4, -0.2) is 23.2 Å². The van der Waals surface area contributed by atoms with Crippen molar-refractivity contribution < 1.29 is 27.9 Å². The molecule has 1 aliphatic rings. The normalized spacial score (nSPS) is 21.7. The third-order valence-corrected chi connectivity index (χ3v) is 4.15. The fraction of sp³-hybridized carbons (Fsp3) is 0.500. The first-order valence-electron chi connectivity index (χ1n) is 7.44. The summed E-state index contributed by atoms with van der Waals surface area (Å²) in [5.74, 6) is -3.53. The molecule has 2 N–H and O–H groups in total. The van der Waals surface area contributed by atoms with E-state index in [1.165, 1.54) is 12.1 Å². The Balaban J connectivity index is 1.92. The van der Waals surface area contributed by atoms with Crippen molar-refractivity contribution in [3.63, 3.8) is 0 Å². The third-order valence-electron chi connectivity index (χ3n) is 4.15. The van der Waals surface area contributed by atoms with Crippen molar-refractivity contribution in [1.29, 1.82) is 0 Å². The molecule has 0 bridgehead atoms. The topological polar surface area (TPSA) is 66.4 Å². The maximum absolute atomic E-state index is 12.8. The molecular weight excluding hydrogens is 311 g/mol. The Morgan fingerprint density at radius 2 is 2.00 bits per heavy atom. The zero-order chi connectivity index (χ0) is 17.0. The second kappa shape index (κ2) is 7.02. The fourth-order valence-electron chi connectivity index (χ4n) is 2.87.